The second kappa shape index (κ2) is 7.78. The van der Waals surface area contributed by atoms with E-state index in [1.165, 1.54) is 28.1 Å². The van der Waals surface area contributed by atoms with Gasteiger partial charge in [-0.15, -0.1) is 0 Å². The van der Waals surface area contributed by atoms with Gasteiger partial charge in [-0.3, -0.25) is 29.8 Å². The number of Topliss-reactive ketones (excluding diaryl/α,β-unsaturated/α-hetero) is 1. The first-order valence-electron chi connectivity index (χ1n) is 7.78. The van der Waals surface area contributed by atoms with Crippen LogP contribution in [-0.2, 0) is 0 Å². The normalized spacial score (nSPS) is 10.3. The van der Waals surface area contributed by atoms with Crippen LogP contribution in [0.15, 0.2) is 16.5 Å². The lowest BCUT2D eigenvalue weighted by Gasteiger charge is -2.10. The molecule has 148 valence electrons. The average Bonchev–Trinajstić information content (AvgIpc) is 2.96. The van der Waals surface area contributed by atoms with Crippen LogP contribution in [0.3, 0.4) is 0 Å². The number of hydrogen-bond donors (Lipinski definition) is 2. The Morgan fingerprint density at radius 3 is 2.18 bits per heavy atom. The molecule has 1 aromatic heterocycles. The molecule has 2 amide bonds. The molecule has 28 heavy (non-hydrogen) atoms. The van der Waals surface area contributed by atoms with E-state index in [1.54, 1.807) is 0 Å². The molecule has 0 fully saturated rings. The van der Waals surface area contributed by atoms with Gasteiger partial charge in [-0.25, -0.2) is 0 Å². The second-order valence-corrected chi connectivity index (χ2v) is 5.59. The number of nitro benzene ring substituents is 1. The quantitative estimate of drug-likeness (QED) is 0.411. The number of nitrogens with two attached hydrogens (primary N) is 1. The SMILES string of the molecule is COc1cc(C(=O)Nc2oc(C)c(C(C)=O)c2C(N)=O)c([N+](=O)[O-])cc1OC. The topological polar surface area (TPSA) is 164 Å². The molecule has 0 saturated heterocycles. The van der Waals surface area contributed by atoms with E-state index in [9.17, 15) is 24.5 Å². The lowest BCUT2D eigenvalue weighted by Crippen LogP contribution is -2.19. The number of nitrogens with zero attached hydrogens (tertiary/aromatic N) is 1. The minimum absolute atomic E-state index is 0.0521. The largest absolute Gasteiger partial charge is 0.493 e. The minimum Gasteiger partial charge on any atom is -0.493 e. The number of furan rings is 1. The fourth-order valence-electron chi connectivity index (χ4n) is 2.66. The lowest BCUT2D eigenvalue weighted by atomic mass is 10.1. The summed E-state index contributed by atoms with van der Waals surface area (Å²) in [7, 11) is 2.58. The molecule has 2 rings (SSSR count). The van der Waals surface area contributed by atoms with Crippen LogP contribution in [0, 0.1) is 17.0 Å². The number of carbonyl (C=O) groups excluding carboxylic acids is 3. The summed E-state index contributed by atoms with van der Waals surface area (Å²) in [5.41, 5.74) is 3.96. The molecular weight excluding hydrogens is 374 g/mol. The minimum atomic E-state index is -1.00. The number of hydrogen-bond acceptors (Lipinski definition) is 8. The number of benzene rings is 1. The first kappa shape index (κ1) is 20.4. The number of anilines is 1. The Kier molecular flexibility index (Phi) is 5.67. The molecule has 2 aromatic rings. The maximum atomic E-state index is 12.7. The predicted molar refractivity (Wildman–Crippen MR) is 96.1 cm³/mol. The van der Waals surface area contributed by atoms with Gasteiger partial charge in [-0.05, 0) is 13.8 Å². The van der Waals surface area contributed by atoms with Crippen molar-refractivity contribution in [3.05, 3.63) is 44.7 Å². The number of rotatable bonds is 7. The Labute approximate surface area is 158 Å². The van der Waals surface area contributed by atoms with Gasteiger partial charge < -0.3 is 19.6 Å². The molecule has 0 aliphatic rings. The highest BCUT2D eigenvalue weighted by Gasteiger charge is 2.29. The zero-order chi connectivity index (χ0) is 21.2. The maximum Gasteiger partial charge on any atom is 0.286 e. The Bertz CT molecular complexity index is 993. The zero-order valence-electron chi connectivity index (χ0n) is 15.4. The summed E-state index contributed by atoms with van der Waals surface area (Å²) in [6.07, 6.45) is 0. The number of carbonyl (C=O) groups is 3. The van der Waals surface area contributed by atoms with Gasteiger partial charge in [0, 0.05) is 6.07 Å². The molecule has 0 aliphatic heterocycles. The van der Waals surface area contributed by atoms with E-state index in [2.05, 4.69) is 5.32 Å². The molecule has 0 radical (unpaired) electrons. The number of aryl methyl sites for hydroxylation is 1. The smallest absolute Gasteiger partial charge is 0.286 e. The van der Waals surface area contributed by atoms with E-state index in [4.69, 9.17) is 19.6 Å². The summed E-state index contributed by atoms with van der Waals surface area (Å²) in [6, 6.07) is 2.13. The van der Waals surface area contributed by atoms with E-state index < -0.39 is 28.2 Å². The van der Waals surface area contributed by atoms with Crippen molar-refractivity contribution < 1.29 is 33.2 Å². The van der Waals surface area contributed by atoms with Gasteiger partial charge in [-0.2, -0.15) is 0 Å². The number of methoxy groups -OCH3 is 2. The lowest BCUT2D eigenvalue weighted by molar-refractivity contribution is -0.385. The Balaban J connectivity index is 2.57. The molecule has 0 unspecified atom stereocenters. The summed E-state index contributed by atoms with van der Waals surface area (Å²) >= 11 is 0. The molecular formula is C17H17N3O8. The first-order valence-corrected chi connectivity index (χ1v) is 7.78. The maximum absolute atomic E-state index is 12.7. The van der Waals surface area contributed by atoms with E-state index in [0.717, 1.165) is 12.1 Å². The van der Waals surface area contributed by atoms with Crippen molar-refractivity contribution in [1.29, 1.82) is 0 Å². The fourth-order valence-corrected chi connectivity index (χ4v) is 2.66. The van der Waals surface area contributed by atoms with Crippen molar-refractivity contribution >= 4 is 29.2 Å². The number of amides is 2. The molecule has 0 bridgehead atoms. The molecule has 11 nitrogen and oxygen atoms in total. The third-order valence-corrected chi connectivity index (χ3v) is 3.85. The van der Waals surface area contributed by atoms with Crippen molar-refractivity contribution in [1.82, 2.24) is 0 Å². The third kappa shape index (κ3) is 3.63. The van der Waals surface area contributed by atoms with Crippen LogP contribution in [0.2, 0.25) is 0 Å². The van der Waals surface area contributed by atoms with Gasteiger partial charge in [0.25, 0.3) is 17.5 Å². The van der Waals surface area contributed by atoms with Crippen LogP contribution in [0.4, 0.5) is 11.6 Å². The van der Waals surface area contributed by atoms with Crippen LogP contribution < -0.4 is 20.5 Å². The van der Waals surface area contributed by atoms with Gasteiger partial charge in [-0.1, -0.05) is 0 Å². The standard InChI is InChI=1S/C17H17N3O8/c1-7(21)13-8(2)28-17(14(13)15(18)22)19-16(23)9-5-11(26-3)12(27-4)6-10(9)20(24)25/h5-6H,1-4H3,(H2,18,22)(H,19,23). The molecule has 0 aliphatic carbocycles. The van der Waals surface area contributed by atoms with Crippen LogP contribution in [0.25, 0.3) is 0 Å². The number of ether oxygens (including phenoxy) is 2. The van der Waals surface area contributed by atoms with Crippen LogP contribution in [0.1, 0.15) is 43.8 Å². The highest BCUT2D eigenvalue weighted by Crippen LogP contribution is 2.35. The summed E-state index contributed by atoms with van der Waals surface area (Å²) in [5, 5.41) is 13.6. The molecule has 0 saturated carbocycles. The summed E-state index contributed by atoms with van der Waals surface area (Å²) in [6.45, 7) is 2.62. The highest BCUT2D eigenvalue weighted by molar-refractivity contribution is 6.14. The third-order valence-electron chi connectivity index (χ3n) is 3.85. The van der Waals surface area contributed by atoms with Gasteiger partial charge in [0.15, 0.2) is 17.3 Å². The zero-order valence-corrected chi connectivity index (χ0v) is 15.4. The van der Waals surface area contributed by atoms with Crippen molar-refractivity contribution in [2.24, 2.45) is 5.73 Å². The number of nitrogens with one attached hydrogen (secondary N) is 1. The van der Waals surface area contributed by atoms with E-state index in [0.29, 0.717) is 0 Å². The molecule has 0 atom stereocenters. The number of nitro groups is 1. The number of ketones is 1. The van der Waals surface area contributed by atoms with Gasteiger partial charge in [0.05, 0.1) is 30.8 Å². The van der Waals surface area contributed by atoms with Gasteiger partial charge >= 0.3 is 0 Å². The fraction of sp³-hybridized carbons (Fsp3) is 0.235. The van der Waals surface area contributed by atoms with E-state index in [1.807, 2.05) is 0 Å². The van der Waals surface area contributed by atoms with Crippen molar-refractivity contribution in [2.75, 3.05) is 19.5 Å². The Morgan fingerprint density at radius 2 is 1.71 bits per heavy atom. The predicted octanol–water partition coefficient (Wildman–Crippen LogP) is 2.07. The van der Waals surface area contributed by atoms with Crippen LogP contribution in [-0.4, -0.2) is 36.7 Å². The number of primary amides is 1. The highest BCUT2D eigenvalue weighted by atomic mass is 16.6. The molecule has 11 heteroatoms. The van der Waals surface area contributed by atoms with E-state index in [-0.39, 0.29) is 39.8 Å². The van der Waals surface area contributed by atoms with E-state index >= 15 is 0 Å². The Hall–Kier alpha value is -3.89. The molecule has 3 N–H and O–H groups in total. The first-order chi connectivity index (χ1) is 13.1. The second-order valence-electron chi connectivity index (χ2n) is 5.59. The van der Waals surface area contributed by atoms with Crippen molar-refractivity contribution in [2.45, 2.75) is 13.8 Å². The molecule has 1 aromatic carbocycles. The average molecular weight is 391 g/mol. The molecule has 1 heterocycles. The summed E-state index contributed by atoms with van der Waals surface area (Å²) in [4.78, 5) is 46.8. The summed E-state index contributed by atoms with van der Waals surface area (Å²) < 4.78 is 15.3. The van der Waals surface area contributed by atoms with Crippen molar-refractivity contribution in [3.8, 4) is 11.5 Å². The molecule has 0 spiro atoms. The van der Waals surface area contributed by atoms with Crippen molar-refractivity contribution in [3.63, 3.8) is 0 Å². The van der Waals surface area contributed by atoms with Crippen LogP contribution in [0.5, 0.6) is 11.5 Å². The Morgan fingerprint density at radius 1 is 1.14 bits per heavy atom. The van der Waals surface area contributed by atoms with Gasteiger partial charge in [0.1, 0.15) is 16.9 Å². The van der Waals surface area contributed by atoms with Crippen LogP contribution >= 0.6 is 0 Å². The van der Waals surface area contributed by atoms with Gasteiger partial charge in [0.2, 0.25) is 5.88 Å². The monoisotopic (exact) mass is 391 g/mol. The summed E-state index contributed by atoms with van der Waals surface area (Å²) in [5.74, 6) is -2.65.